The maximum absolute atomic E-state index is 12.9. The lowest BCUT2D eigenvalue weighted by molar-refractivity contribution is -0.684. The second-order valence-corrected chi connectivity index (χ2v) is 12.6. The Hall–Kier alpha value is -2.09. The van der Waals surface area contributed by atoms with Crippen LogP contribution in [0.4, 0.5) is 0 Å². The number of hydrogen-bond donors (Lipinski definition) is 3. The Morgan fingerprint density at radius 1 is 1.13 bits per heavy atom. The summed E-state index contributed by atoms with van der Waals surface area (Å²) in [6.45, 7) is 0.0635. The summed E-state index contributed by atoms with van der Waals surface area (Å²) in [5, 5.41) is 13.0. The Morgan fingerprint density at radius 3 is 2.47 bits per heavy atom. The smallest absolute Gasteiger partial charge is 0.352 e. The van der Waals surface area contributed by atoms with Gasteiger partial charge in [0.1, 0.15) is 17.1 Å². The number of primary amides is 1. The summed E-state index contributed by atoms with van der Waals surface area (Å²) in [6.07, 6.45) is 3.43. The summed E-state index contributed by atoms with van der Waals surface area (Å²) in [5.41, 5.74) is 5.76. The monoisotopic (exact) mass is 633 g/mol. The molecule has 0 unspecified atom stereocenters. The first-order chi connectivity index (χ1) is 18.0. The molecule has 1 aromatic heterocycles. The molecule has 3 amide bonds. The number of aromatic nitrogens is 1. The van der Waals surface area contributed by atoms with Gasteiger partial charge in [0.25, 0.3) is 11.8 Å². The van der Waals surface area contributed by atoms with Crippen LogP contribution >= 0.6 is 70.1 Å². The van der Waals surface area contributed by atoms with Gasteiger partial charge in [-0.1, -0.05) is 34.8 Å². The Morgan fingerprint density at radius 2 is 1.82 bits per heavy atom. The highest BCUT2D eigenvalue weighted by atomic mass is 35.5. The van der Waals surface area contributed by atoms with Crippen LogP contribution in [-0.2, 0) is 25.7 Å². The van der Waals surface area contributed by atoms with Crippen LogP contribution in [0.2, 0.25) is 15.1 Å². The van der Waals surface area contributed by atoms with E-state index in [0.717, 1.165) is 16.7 Å². The number of hydrogen-bond acceptors (Lipinski definition) is 7. The van der Waals surface area contributed by atoms with Crippen molar-refractivity contribution in [2.75, 3.05) is 17.3 Å². The van der Waals surface area contributed by atoms with Gasteiger partial charge in [0.15, 0.2) is 12.4 Å². The third-order valence-electron chi connectivity index (χ3n) is 5.51. The molecule has 0 aliphatic carbocycles. The number of nitrogens with zero attached hydrogens (tertiary/aromatic N) is 2. The molecular weight excluding hydrogens is 615 g/mol. The first kappa shape index (κ1) is 28.9. The summed E-state index contributed by atoms with van der Waals surface area (Å²) < 4.78 is 1.64. The molecule has 1 saturated heterocycles. The summed E-state index contributed by atoms with van der Waals surface area (Å²) in [7, 11) is 0. The SMILES string of the molecule is NC(=O)C[n+]1ccc(SCC2=C(C(=O)O)N3C(=O)[C@H](NC(=O)CSc4cc(Cl)c(Cl)cc4Cl)[C@H]3SC2)cc1. The van der Waals surface area contributed by atoms with Gasteiger partial charge in [0.05, 0.1) is 20.8 Å². The van der Waals surface area contributed by atoms with Crippen molar-refractivity contribution < 1.29 is 28.9 Å². The zero-order chi connectivity index (χ0) is 27.6. The van der Waals surface area contributed by atoms with Gasteiger partial charge in [0.2, 0.25) is 12.5 Å². The molecule has 9 nitrogen and oxygen atoms in total. The van der Waals surface area contributed by atoms with Crippen molar-refractivity contribution in [2.45, 2.75) is 27.8 Å². The van der Waals surface area contributed by atoms with E-state index in [4.69, 9.17) is 40.5 Å². The van der Waals surface area contributed by atoms with E-state index in [1.165, 1.54) is 34.5 Å². The fourth-order valence-corrected chi connectivity index (χ4v) is 7.68. The molecule has 2 aliphatic rings. The van der Waals surface area contributed by atoms with E-state index < -0.39 is 35.1 Å². The predicted molar refractivity (Wildman–Crippen MR) is 148 cm³/mol. The summed E-state index contributed by atoms with van der Waals surface area (Å²) in [5.74, 6) is -1.76. The van der Waals surface area contributed by atoms with E-state index >= 15 is 0 Å². The van der Waals surface area contributed by atoms with E-state index in [0.29, 0.717) is 37.0 Å². The van der Waals surface area contributed by atoms with E-state index in [9.17, 15) is 24.3 Å². The topological polar surface area (TPSA) is 134 Å². The molecule has 0 saturated carbocycles. The standard InChI is InChI=1S/C23H19Cl3N4O5S3/c24-13-5-15(26)16(6-14(13)25)37-10-18(32)28-19-21(33)30-20(23(34)35)11(9-38-22(19)30)8-36-12-1-3-29(4-2-12)7-17(27)31/h1-6,19,22H,7-10H2,(H3-,27,28,31,32,34,35)/p+1/t19-,22+/m0/s1. The third kappa shape index (κ3) is 6.54. The van der Waals surface area contributed by atoms with Crippen LogP contribution < -0.4 is 15.6 Å². The number of carboxylic acids is 1. The van der Waals surface area contributed by atoms with Crippen LogP contribution in [0.1, 0.15) is 0 Å². The fourth-order valence-electron chi connectivity index (χ4n) is 3.76. The van der Waals surface area contributed by atoms with E-state index in [1.54, 1.807) is 35.2 Å². The molecule has 2 aliphatic heterocycles. The molecule has 0 spiro atoms. The molecule has 2 atom stereocenters. The second-order valence-electron chi connectivity index (χ2n) is 8.16. The Kier molecular flexibility index (Phi) is 9.43. The maximum atomic E-state index is 12.9. The molecule has 38 heavy (non-hydrogen) atoms. The average Bonchev–Trinajstić information content (AvgIpc) is 2.87. The van der Waals surface area contributed by atoms with Crippen molar-refractivity contribution in [1.82, 2.24) is 10.2 Å². The normalized spacial score (nSPS) is 18.6. The van der Waals surface area contributed by atoms with Gasteiger partial charge in [-0.15, -0.1) is 35.3 Å². The van der Waals surface area contributed by atoms with Gasteiger partial charge in [-0.3, -0.25) is 19.3 Å². The molecule has 1 aromatic carbocycles. The van der Waals surface area contributed by atoms with Crippen molar-refractivity contribution in [1.29, 1.82) is 0 Å². The molecule has 2 aromatic rings. The molecule has 200 valence electrons. The van der Waals surface area contributed by atoms with Crippen molar-refractivity contribution in [3.05, 3.63) is 63.0 Å². The van der Waals surface area contributed by atoms with Gasteiger partial charge in [-0.2, -0.15) is 4.57 Å². The Bertz CT molecular complexity index is 1340. The van der Waals surface area contributed by atoms with Crippen molar-refractivity contribution in [3.63, 3.8) is 0 Å². The average molecular weight is 635 g/mol. The first-order valence-corrected chi connectivity index (χ1v) is 15.1. The minimum Gasteiger partial charge on any atom is -0.477 e. The number of nitrogens with two attached hydrogens (primary N) is 1. The summed E-state index contributed by atoms with van der Waals surface area (Å²) >= 11 is 22.1. The number of thioether (sulfide) groups is 3. The van der Waals surface area contributed by atoms with Crippen molar-refractivity contribution in [2.24, 2.45) is 5.73 Å². The zero-order valence-corrected chi connectivity index (χ0v) is 24.1. The number of nitrogens with one attached hydrogen (secondary N) is 1. The quantitative estimate of drug-likeness (QED) is 0.157. The molecule has 3 heterocycles. The van der Waals surface area contributed by atoms with Gasteiger partial charge < -0.3 is 16.2 Å². The zero-order valence-electron chi connectivity index (χ0n) is 19.4. The molecular formula is C23H20Cl3N4O5S3+. The van der Waals surface area contributed by atoms with Crippen LogP contribution in [0.15, 0.2) is 57.7 Å². The van der Waals surface area contributed by atoms with Gasteiger partial charge in [-0.05, 0) is 17.7 Å². The van der Waals surface area contributed by atoms with E-state index in [-0.39, 0.29) is 18.0 Å². The van der Waals surface area contributed by atoms with Crippen LogP contribution in [0.3, 0.4) is 0 Å². The third-order valence-corrected chi connectivity index (χ3v) is 10.2. The number of carbonyl (C=O) groups excluding carboxylic acids is 3. The number of rotatable bonds is 10. The highest BCUT2D eigenvalue weighted by molar-refractivity contribution is 8.01. The maximum Gasteiger partial charge on any atom is 0.352 e. The molecule has 4 N–H and O–H groups in total. The van der Waals surface area contributed by atoms with Gasteiger partial charge in [0, 0.05) is 33.4 Å². The number of pyridine rings is 1. The molecule has 0 radical (unpaired) electrons. The Balaban J connectivity index is 1.36. The minimum absolute atomic E-state index is 0.0150. The lowest BCUT2D eigenvalue weighted by Gasteiger charge is -2.49. The summed E-state index contributed by atoms with van der Waals surface area (Å²) in [6, 6.07) is 5.84. The number of benzene rings is 1. The Labute approximate surface area is 245 Å². The van der Waals surface area contributed by atoms with Crippen molar-refractivity contribution >= 4 is 93.8 Å². The number of amides is 3. The number of β-lactam (4-membered cyclic amide) rings is 1. The highest BCUT2D eigenvalue weighted by Gasteiger charge is 2.54. The molecule has 15 heteroatoms. The molecule has 4 rings (SSSR count). The number of carbonyl (C=O) groups is 4. The minimum atomic E-state index is -1.19. The highest BCUT2D eigenvalue weighted by Crippen LogP contribution is 2.42. The second kappa shape index (κ2) is 12.4. The largest absolute Gasteiger partial charge is 0.477 e. The van der Waals surface area contributed by atoms with Gasteiger partial charge >= 0.3 is 5.97 Å². The fraction of sp³-hybridized carbons (Fsp3) is 0.261. The summed E-state index contributed by atoms with van der Waals surface area (Å²) in [4.78, 5) is 51.3. The van der Waals surface area contributed by atoms with E-state index in [2.05, 4.69) is 5.32 Å². The molecule has 0 bridgehead atoms. The molecule has 1 fully saturated rings. The number of halogens is 3. The van der Waals surface area contributed by atoms with Crippen LogP contribution in [0.5, 0.6) is 0 Å². The van der Waals surface area contributed by atoms with Crippen LogP contribution in [-0.4, -0.2) is 62.4 Å². The lowest BCUT2D eigenvalue weighted by atomic mass is 10.0. The number of carboxylic acid groups (broad SMARTS) is 1. The van der Waals surface area contributed by atoms with Crippen LogP contribution in [0.25, 0.3) is 0 Å². The number of fused-ring (bicyclic) bond motifs is 1. The van der Waals surface area contributed by atoms with Gasteiger partial charge in [-0.25, -0.2) is 4.79 Å². The first-order valence-electron chi connectivity index (χ1n) is 10.9. The number of aliphatic carboxylic acids is 1. The predicted octanol–water partition coefficient (Wildman–Crippen LogP) is 3.04. The lowest BCUT2D eigenvalue weighted by Crippen LogP contribution is -2.70. The van der Waals surface area contributed by atoms with Crippen LogP contribution in [0, 0.1) is 0 Å². The van der Waals surface area contributed by atoms with Crippen molar-refractivity contribution in [3.8, 4) is 0 Å². The van der Waals surface area contributed by atoms with E-state index in [1.807, 2.05) is 0 Å².